The van der Waals surface area contributed by atoms with E-state index in [-0.39, 0.29) is 13.0 Å². The molecular formula is C12H15F3N2O4. The summed E-state index contributed by atoms with van der Waals surface area (Å²) in [5.74, 6) is -3.50. The van der Waals surface area contributed by atoms with Crippen LogP contribution in [0.5, 0.6) is 0 Å². The molecule has 21 heavy (non-hydrogen) atoms. The van der Waals surface area contributed by atoms with E-state index in [1.54, 1.807) is 0 Å². The molecule has 1 atom stereocenters. The minimum Gasteiger partial charge on any atom is -0.480 e. The molecule has 2 N–H and O–H groups in total. The van der Waals surface area contributed by atoms with Gasteiger partial charge in [0.05, 0.1) is 5.92 Å². The number of aliphatic carboxylic acids is 1. The highest BCUT2D eigenvalue weighted by atomic mass is 19.4. The van der Waals surface area contributed by atoms with E-state index in [1.807, 2.05) is 0 Å². The molecule has 1 aliphatic carbocycles. The number of nitrogens with one attached hydrogen (secondary N) is 1. The molecule has 2 amide bonds. The Morgan fingerprint density at radius 2 is 2.00 bits per heavy atom. The van der Waals surface area contributed by atoms with E-state index >= 15 is 0 Å². The fourth-order valence-electron chi connectivity index (χ4n) is 2.58. The van der Waals surface area contributed by atoms with Crippen molar-refractivity contribution in [1.29, 1.82) is 0 Å². The number of carboxylic acid groups (broad SMARTS) is 1. The Balaban J connectivity index is 1.96. The summed E-state index contributed by atoms with van der Waals surface area (Å²) in [6.07, 6.45) is -3.59. The van der Waals surface area contributed by atoms with Crippen LogP contribution < -0.4 is 5.32 Å². The van der Waals surface area contributed by atoms with Gasteiger partial charge in [0.15, 0.2) is 0 Å². The first-order valence-corrected chi connectivity index (χ1v) is 6.53. The number of carbonyl (C=O) groups excluding carboxylic acids is 2. The summed E-state index contributed by atoms with van der Waals surface area (Å²) in [4.78, 5) is 35.2. The Bertz CT molecular complexity index is 474. The van der Waals surface area contributed by atoms with Gasteiger partial charge < -0.3 is 15.3 Å². The second-order valence-corrected chi connectivity index (χ2v) is 5.52. The molecule has 118 valence electrons. The lowest BCUT2D eigenvalue weighted by molar-refractivity contribution is -0.157. The SMILES string of the molecule is O=C(NC1(C(=O)O)CCC1)C1CC(=O)N(CC(F)(F)F)C1. The van der Waals surface area contributed by atoms with Crippen LogP contribution in [0, 0.1) is 5.92 Å². The number of hydrogen-bond donors (Lipinski definition) is 2. The highest BCUT2D eigenvalue weighted by Crippen LogP contribution is 2.33. The maximum absolute atomic E-state index is 12.3. The van der Waals surface area contributed by atoms with Gasteiger partial charge in [-0.05, 0) is 19.3 Å². The first-order valence-electron chi connectivity index (χ1n) is 6.53. The second kappa shape index (κ2) is 5.19. The summed E-state index contributed by atoms with van der Waals surface area (Å²) in [7, 11) is 0. The third kappa shape index (κ3) is 3.27. The van der Waals surface area contributed by atoms with Gasteiger partial charge in [-0.15, -0.1) is 0 Å². The lowest BCUT2D eigenvalue weighted by Crippen LogP contribution is -2.60. The molecule has 0 aromatic heterocycles. The third-order valence-electron chi connectivity index (χ3n) is 3.93. The standard InChI is InChI=1S/C12H15F3N2O4/c13-12(14,15)6-17-5-7(4-8(17)18)9(19)16-11(10(20)21)2-1-3-11/h7H,1-6H2,(H,16,19)(H,20,21). The van der Waals surface area contributed by atoms with E-state index in [2.05, 4.69) is 5.32 Å². The lowest BCUT2D eigenvalue weighted by Gasteiger charge is -2.38. The van der Waals surface area contributed by atoms with Crippen LogP contribution in [0.2, 0.25) is 0 Å². The molecule has 9 heteroatoms. The van der Waals surface area contributed by atoms with Crippen molar-refractivity contribution in [2.45, 2.75) is 37.4 Å². The zero-order valence-corrected chi connectivity index (χ0v) is 11.1. The molecule has 1 saturated heterocycles. The van der Waals surface area contributed by atoms with Gasteiger partial charge in [0, 0.05) is 13.0 Å². The van der Waals surface area contributed by atoms with Crippen molar-refractivity contribution in [2.75, 3.05) is 13.1 Å². The fraction of sp³-hybridized carbons (Fsp3) is 0.750. The van der Waals surface area contributed by atoms with Crippen molar-refractivity contribution in [2.24, 2.45) is 5.92 Å². The van der Waals surface area contributed by atoms with Crippen LogP contribution in [-0.2, 0) is 14.4 Å². The largest absolute Gasteiger partial charge is 0.480 e. The fourth-order valence-corrected chi connectivity index (χ4v) is 2.58. The molecule has 0 bridgehead atoms. The van der Waals surface area contributed by atoms with Gasteiger partial charge in [-0.3, -0.25) is 9.59 Å². The molecule has 1 aliphatic heterocycles. The molecule has 2 fully saturated rings. The van der Waals surface area contributed by atoms with Crippen LogP contribution >= 0.6 is 0 Å². The first kappa shape index (κ1) is 15.6. The maximum atomic E-state index is 12.3. The number of nitrogens with zero attached hydrogens (tertiary/aromatic N) is 1. The van der Waals surface area contributed by atoms with Crippen LogP contribution in [-0.4, -0.2) is 52.6 Å². The predicted octanol–water partition coefficient (Wildman–Crippen LogP) is 0.521. The summed E-state index contributed by atoms with van der Waals surface area (Å²) >= 11 is 0. The summed E-state index contributed by atoms with van der Waals surface area (Å²) in [5, 5.41) is 11.5. The molecule has 1 saturated carbocycles. The van der Waals surface area contributed by atoms with Crippen LogP contribution in [0.3, 0.4) is 0 Å². The molecule has 1 heterocycles. The van der Waals surface area contributed by atoms with E-state index in [4.69, 9.17) is 5.11 Å². The molecule has 6 nitrogen and oxygen atoms in total. The molecular weight excluding hydrogens is 293 g/mol. The Labute approximate surface area is 118 Å². The van der Waals surface area contributed by atoms with E-state index in [1.165, 1.54) is 0 Å². The topological polar surface area (TPSA) is 86.7 Å². The Hall–Kier alpha value is -1.80. The zero-order valence-electron chi connectivity index (χ0n) is 11.1. The van der Waals surface area contributed by atoms with Crippen LogP contribution in [0.4, 0.5) is 13.2 Å². The molecule has 0 aromatic carbocycles. The number of halogens is 3. The van der Waals surface area contributed by atoms with Crippen molar-refractivity contribution < 1.29 is 32.7 Å². The normalized spacial score (nSPS) is 24.6. The number of rotatable bonds is 4. The molecule has 0 spiro atoms. The Kier molecular flexibility index (Phi) is 3.85. The maximum Gasteiger partial charge on any atom is 0.406 e. The Morgan fingerprint density at radius 3 is 2.43 bits per heavy atom. The first-order chi connectivity index (χ1) is 9.63. The number of hydrogen-bond acceptors (Lipinski definition) is 3. The van der Waals surface area contributed by atoms with E-state index in [0.29, 0.717) is 24.2 Å². The lowest BCUT2D eigenvalue weighted by atomic mass is 9.76. The van der Waals surface area contributed by atoms with Gasteiger partial charge in [-0.2, -0.15) is 13.2 Å². The summed E-state index contributed by atoms with van der Waals surface area (Å²) in [5.41, 5.74) is -1.32. The molecule has 2 rings (SSSR count). The quantitative estimate of drug-likeness (QED) is 0.793. The predicted molar refractivity (Wildman–Crippen MR) is 63.1 cm³/mol. The van der Waals surface area contributed by atoms with Crippen LogP contribution in [0.25, 0.3) is 0 Å². The average molecular weight is 308 g/mol. The molecule has 0 aromatic rings. The van der Waals surface area contributed by atoms with Crippen molar-refractivity contribution in [3.05, 3.63) is 0 Å². The van der Waals surface area contributed by atoms with Crippen LogP contribution in [0.1, 0.15) is 25.7 Å². The zero-order chi connectivity index (χ0) is 15.8. The van der Waals surface area contributed by atoms with E-state index < -0.39 is 42.0 Å². The number of carbonyl (C=O) groups is 3. The van der Waals surface area contributed by atoms with Gasteiger partial charge in [0.1, 0.15) is 12.1 Å². The van der Waals surface area contributed by atoms with Gasteiger partial charge in [-0.25, -0.2) is 4.79 Å². The van der Waals surface area contributed by atoms with E-state index in [0.717, 1.165) is 0 Å². The van der Waals surface area contributed by atoms with Gasteiger partial charge >= 0.3 is 12.1 Å². The van der Waals surface area contributed by atoms with Crippen LogP contribution in [0.15, 0.2) is 0 Å². The summed E-state index contributed by atoms with van der Waals surface area (Å²) in [6.45, 7) is -1.72. The van der Waals surface area contributed by atoms with Crippen molar-refractivity contribution in [1.82, 2.24) is 10.2 Å². The highest BCUT2D eigenvalue weighted by Gasteiger charge is 2.48. The van der Waals surface area contributed by atoms with Crippen molar-refractivity contribution in [3.8, 4) is 0 Å². The minimum absolute atomic E-state index is 0.293. The number of likely N-dealkylation sites (tertiary alicyclic amines) is 1. The van der Waals surface area contributed by atoms with Crippen molar-refractivity contribution >= 4 is 17.8 Å². The monoisotopic (exact) mass is 308 g/mol. The third-order valence-corrected chi connectivity index (χ3v) is 3.93. The molecule has 1 unspecified atom stereocenters. The second-order valence-electron chi connectivity index (χ2n) is 5.52. The summed E-state index contributed by atoms with van der Waals surface area (Å²) in [6, 6.07) is 0. The minimum atomic E-state index is -4.52. The average Bonchev–Trinajstić information content (AvgIpc) is 2.62. The highest BCUT2D eigenvalue weighted by molar-refractivity contribution is 5.93. The van der Waals surface area contributed by atoms with Gasteiger partial charge in [0.25, 0.3) is 0 Å². The summed E-state index contributed by atoms with van der Waals surface area (Å²) < 4.78 is 36.8. The van der Waals surface area contributed by atoms with Gasteiger partial charge in [-0.1, -0.05) is 0 Å². The number of carboxylic acids is 1. The molecule has 2 aliphatic rings. The Morgan fingerprint density at radius 1 is 1.38 bits per heavy atom. The smallest absolute Gasteiger partial charge is 0.406 e. The molecule has 0 radical (unpaired) electrons. The van der Waals surface area contributed by atoms with E-state index in [9.17, 15) is 27.6 Å². The number of amides is 2. The van der Waals surface area contributed by atoms with Crippen molar-refractivity contribution in [3.63, 3.8) is 0 Å². The number of alkyl halides is 3. The van der Waals surface area contributed by atoms with Gasteiger partial charge in [0.2, 0.25) is 11.8 Å².